The van der Waals surface area contributed by atoms with E-state index in [1.807, 2.05) is 48.5 Å². The van der Waals surface area contributed by atoms with Crippen LogP contribution >= 0.6 is 0 Å². The van der Waals surface area contributed by atoms with Crippen molar-refractivity contribution in [1.29, 1.82) is 0 Å². The molecule has 0 unspecified atom stereocenters. The number of carbonyl (C=O) groups is 1. The van der Waals surface area contributed by atoms with Crippen molar-refractivity contribution in [3.63, 3.8) is 0 Å². The van der Waals surface area contributed by atoms with Crippen LogP contribution in [0.15, 0.2) is 54.6 Å². The van der Waals surface area contributed by atoms with Crippen LogP contribution in [0.5, 0.6) is 11.5 Å². The lowest BCUT2D eigenvalue weighted by Gasteiger charge is -2.43. The number of nitrogens with one attached hydrogen (secondary N) is 1. The molecule has 0 saturated heterocycles. The number of ether oxygens (including phenoxy) is 2. The molecule has 24 heavy (non-hydrogen) atoms. The maximum absolute atomic E-state index is 12.1. The molecule has 2 aromatic carbocycles. The van der Waals surface area contributed by atoms with Gasteiger partial charge >= 0.3 is 0 Å². The predicted molar refractivity (Wildman–Crippen MR) is 93.5 cm³/mol. The molecule has 126 valence electrons. The van der Waals surface area contributed by atoms with E-state index in [1.54, 1.807) is 7.11 Å². The van der Waals surface area contributed by atoms with Crippen molar-refractivity contribution in [2.24, 2.45) is 0 Å². The van der Waals surface area contributed by atoms with Crippen LogP contribution in [0.1, 0.15) is 24.8 Å². The third-order valence-electron chi connectivity index (χ3n) is 4.73. The van der Waals surface area contributed by atoms with Crippen molar-refractivity contribution < 1.29 is 14.3 Å². The zero-order chi connectivity index (χ0) is 16.8. The summed E-state index contributed by atoms with van der Waals surface area (Å²) in [6.45, 7) is 0.649. The minimum Gasteiger partial charge on any atom is -0.496 e. The molecule has 1 fully saturated rings. The minimum absolute atomic E-state index is 0.0188. The Balaban J connectivity index is 1.58. The van der Waals surface area contributed by atoms with Gasteiger partial charge in [-0.2, -0.15) is 0 Å². The maximum Gasteiger partial charge on any atom is 0.257 e. The van der Waals surface area contributed by atoms with Crippen LogP contribution in [0, 0.1) is 0 Å². The first-order chi connectivity index (χ1) is 11.7. The zero-order valence-electron chi connectivity index (χ0n) is 14.0. The fourth-order valence-electron chi connectivity index (χ4n) is 3.21. The second kappa shape index (κ2) is 7.39. The number of benzene rings is 2. The van der Waals surface area contributed by atoms with Crippen LogP contribution in [0.3, 0.4) is 0 Å². The summed E-state index contributed by atoms with van der Waals surface area (Å²) in [5.74, 6) is 1.50. The van der Waals surface area contributed by atoms with Gasteiger partial charge in [0.25, 0.3) is 5.91 Å². The van der Waals surface area contributed by atoms with Crippen LogP contribution in [0.25, 0.3) is 0 Å². The van der Waals surface area contributed by atoms with Crippen molar-refractivity contribution in [3.8, 4) is 11.5 Å². The Labute approximate surface area is 142 Å². The second-order valence-electron chi connectivity index (χ2n) is 6.21. The highest BCUT2D eigenvalue weighted by molar-refractivity contribution is 5.77. The molecule has 1 amide bonds. The Bertz CT molecular complexity index is 680. The number of rotatable bonds is 7. The monoisotopic (exact) mass is 325 g/mol. The summed E-state index contributed by atoms with van der Waals surface area (Å²) in [5, 5.41) is 3.03. The van der Waals surface area contributed by atoms with Gasteiger partial charge in [0, 0.05) is 17.5 Å². The van der Waals surface area contributed by atoms with E-state index in [2.05, 4.69) is 11.4 Å². The Morgan fingerprint density at radius 3 is 2.46 bits per heavy atom. The van der Waals surface area contributed by atoms with Crippen LogP contribution < -0.4 is 14.8 Å². The van der Waals surface area contributed by atoms with E-state index >= 15 is 0 Å². The molecule has 0 heterocycles. The lowest BCUT2D eigenvalue weighted by atomic mass is 9.64. The maximum atomic E-state index is 12.1. The van der Waals surface area contributed by atoms with Crippen LogP contribution in [-0.2, 0) is 10.2 Å². The highest BCUT2D eigenvalue weighted by atomic mass is 16.5. The smallest absolute Gasteiger partial charge is 0.257 e. The molecule has 4 nitrogen and oxygen atoms in total. The summed E-state index contributed by atoms with van der Waals surface area (Å²) < 4.78 is 11.0. The molecule has 2 aromatic rings. The summed E-state index contributed by atoms with van der Waals surface area (Å²) in [5.41, 5.74) is 1.16. The molecule has 0 bridgehead atoms. The Kier molecular flexibility index (Phi) is 5.04. The van der Waals surface area contributed by atoms with Gasteiger partial charge in [0.15, 0.2) is 6.61 Å². The molecular formula is C20H23NO3. The van der Waals surface area contributed by atoms with Gasteiger partial charge in [0.05, 0.1) is 7.11 Å². The van der Waals surface area contributed by atoms with Crippen molar-refractivity contribution in [2.45, 2.75) is 24.7 Å². The first-order valence-corrected chi connectivity index (χ1v) is 8.32. The van der Waals surface area contributed by atoms with Gasteiger partial charge in [-0.1, -0.05) is 42.8 Å². The standard InChI is InChI=1S/C20H23NO3/c1-23-18-11-6-5-10-17(18)20(12-7-13-20)15-21-19(22)14-24-16-8-3-2-4-9-16/h2-6,8-11H,7,12-15H2,1H3,(H,21,22). The Morgan fingerprint density at radius 1 is 1.08 bits per heavy atom. The van der Waals surface area contributed by atoms with Gasteiger partial charge < -0.3 is 14.8 Å². The number of amides is 1. The number of hydrogen-bond acceptors (Lipinski definition) is 3. The van der Waals surface area contributed by atoms with E-state index in [4.69, 9.17) is 9.47 Å². The molecule has 0 aliphatic heterocycles. The Morgan fingerprint density at radius 2 is 1.79 bits per heavy atom. The molecular weight excluding hydrogens is 302 g/mol. The number of carbonyl (C=O) groups excluding carboxylic acids is 1. The summed E-state index contributed by atoms with van der Waals surface area (Å²) in [6.07, 6.45) is 3.30. The molecule has 1 aliphatic rings. The highest BCUT2D eigenvalue weighted by Crippen LogP contribution is 2.46. The largest absolute Gasteiger partial charge is 0.496 e. The molecule has 1 N–H and O–H groups in total. The van der Waals surface area contributed by atoms with E-state index in [0.29, 0.717) is 12.3 Å². The molecule has 4 heteroatoms. The van der Waals surface area contributed by atoms with Gasteiger partial charge in [-0.3, -0.25) is 4.79 Å². The number of hydrogen-bond donors (Lipinski definition) is 1. The van der Waals surface area contributed by atoms with Gasteiger partial charge in [-0.15, -0.1) is 0 Å². The van der Waals surface area contributed by atoms with Crippen LogP contribution in [-0.4, -0.2) is 26.2 Å². The quantitative estimate of drug-likeness (QED) is 0.849. The molecule has 1 saturated carbocycles. The normalized spacial score (nSPS) is 15.2. The third-order valence-corrected chi connectivity index (χ3v) is 4.73. The highest BCUT2D eigenvalue weighted by Gasteiger charge is 2.40. The van der Waals surface area contributed by atoms with Gasteiger partial charge in [-0.05, 0) is 31.0 Å². The molecule has 0 aromatic heterocycles. The van der Waals surface area contributed by atoms with Crippen molar-refractivity contribution >= 4 is 5.91 Å². The summed E-state index contributed by atoms with van der Waals surface area (Å²) in [7, 11) is 1.69. The van der Waals surface area contributed by atoms with E-state index < -0.39 is 0 Å². The van der Waals surface area contributed by atoms with E-state index in [0.717, 1.165) is 18.6 Å². The van der Waals surface area contributed by atoms with Gasteiger partial charge in [0.1, 0.15) is 11.5 Å². The summed E-state index contributed by atoms with van der Waals surface area (Å²) >= 11 is 0. The van der Waals surface area contributed by atoms with Gasteiger partial charge in [0.2, 0.25) is 0 Å². The average molecular weight is 325 g/mol. The summed E-state index contributed by atoms with van der Waals surface area (Å²) in [4.78, 5) is 12.1. The topological polar surface area (TPSA) is 47.6 Å². The van der Waals surface area contributed by atoms with Crippen LogP contribution in [0.2, 0.25) is 0 Å². The Hall–Kier alpha value is -2.49. The fraction of sp³-hybridized carbons (Fsp3) is 0.350. The molecule has 0 atom stereocenters. The van der Waals surface area contributed by atoms with Crippen molar-refractivity contribution in [3.05, 3.63) is 60.2 Å². The first kappa shape index (κ1) is 16.4. The number of methoxy groups -OCH3 is 1. The SMILES string of the molecule is COc1ccccc1C1(CNC(=O)COc2ccccc2)CCC1. The lowest BCUT2D eigenvalue weighted by molar-refractivity contribution is -0.123. The number of para-hydroxylation sites is 2. The average Bonchev–Trinajstić information content (AvgIpc) is 2.60. The van der Waals surface area contributed by atoms with E-state index in [9.17, 15) is 4.79 Å². The molecule has 0 radical (unpaired) electrons. The fourth-order valence-corrected chi connectivity index (χ4v) is 3.21. The second-order valence-corrected chi connectivity index (χ2v) is 6.21. The van der Waals surface area contributed by atoms with Gasteiger partial charge in [-0.25, -0.2) is 0 Å². The van der Waals surface area contributed by atoms with Crippen molar-refractivity contribution in [1.82, 2.24) is 5.32 Å². The third kappa shape index (κ3) is 3.53. The van der Waals surface area contributed by atoms with Crippen molar-refractivity contribution in [2.75, 3.05) is 20.3 Å². The predicted octanol–water partition coefficient (Wildman–Crippen LogP) is 3.31. The van der Waals surface area contributed by atoms with E-state index in [1.165, 1.54) is 12.0 Å². The minimum atomic E-state index is -0.0972. The van der Waals surface area contributed by atoms with Crippen LogP contribution in [0.4, 0.5) is 0 Å². The molecule has 1 aliphatic carbocycles. The molecule has 3 rings (SSSR count). The summed E-state index contributed by atoms with van der Waals surface area (Å²) in [6, 6.07) is 17.5. The van der Waals surface area contributed by atoms with E-state index in [-0.39, 0.29) is 17.9 Å². The zero-order valence-corrected chi connectivity index (χ0v) is 14.0. The first-order valence-electron chi connectivity index (χ1n) is 8.32. The molecule has 0 spiro atoms. The lowest BCUT2D eigenvalue weighted by Crippen LogP contribution is -2.46.